The number of phenolic OH excluding ortho intramolecular Hbond substituents is 1. The van der Waals surface area contributed by atoms with Gasteiger partial charge >= 0.3 is 0 Å². The molecule has 0 fully saturated rings. The van der Waals surface area contributed by atoms with Gasteiger partial charge in [0.1, 0.15) is 5.82 Å². The van der Waals surface area contributed by atoms with Gasteiger partial charge in [0, 0.05) is 4.47 Å². The number of aromatic hydroxyl groups is 1. The van der Waals surface area contributed by atoms with E-state index in [0.717, 1.165) is 10.2 Å². The zero-order chi connectivity index (χ0) is 14.7. The maximum atomic E-state index is 12.1. The van der Waals surface area contributed by atoms with Gasteiger partial charge in [-0.2, -0.15) is 0 Å². The first-order valence-corrected chi connectivity index (χ1v) is 6.62. The summed E-state index contributed by atoms with van der Waals surface area (Å²) in [6.07, 6.45) is 0. The Morgan fingerprint density at radius 3 is 2.75 bits per heavy atom. The highest BCUT2D eigenvalue weighted by Crippen LogP contribution is 2.29. The summed E-state index contributed by atoms with van der Waals surface area (Å²) in [6, 6.07) is 8.19. The molecule has 20 heavy (non-hydrogen) atoms. The maximum Gasteiger partial charge on any atom is 0.260 e. The Labute approximate surface area is 124 Å². The molecular formula is C14H13BrN2O3. The number of ether oxygens (including phenoxy) is 1. The number of halogens is 1. The molecule has 0 radical (unpaired) electrons. The summed E-state index contributed by atoms with van der Waals surface area (Å²) in [6.45, 7) is 1.82. The number of carbonyl (C=O) groups is 1. The third kappa shape index (κ3) is 2.91. The van der Waals surface area contributed by atoms with E-state index in [2.05, 4.69) is 26.2 Å². The van der Waals surface area contributed by atoms with Crippen LogP contribution in [0.4, 0.5) is 5.82 Å². The summed E-state index contributed by atoms with van der Waals surface area (Å²) in [4.78, 5) is 16.3. The van der Waals surface area contributed by atoms with Crippen LogP contribution < -0.4 is 10.1 Å². The van der Waals surface area contributed by atoms with E-state index in [0.29, 0.717) is 5.82 Å². The van der Waals surface area contributed by atoms with Gasteiger partial charge in [-0.3, -0.25) is 4.79 Å². The molecule has 2 rings (SSSR count). The van der Waals surface area contributed by atoms with Crippen LogP contribution in [0.5, 0.6) is 11.5 Å². The van der Waals surface area contributed by atoms with Crippen LogP contribution in [-0.2, 0) is 0 Å². The Kier molecular flexibility index (Phi) is 4.24. The number of benzene rings is 1. The lowest BCUT2D eigenvalue weighted by molar-refractivity contribution is 0.102. The zero-order valence-corrected chi connectivity index (χ0v) is 12.6. The lowest BCUT2D eigenvalue weighted by Crippen LogP contribution is -2.13. The molecule has 0 aliphatic rings. The molecule has 0 unspecified atom stereocenters. The molecule has 1 aromatic heterocycles. The van der Waals surface area contributed by atoms with Crippen molar-refractivity contribution in [2.24, 2.45) is 0 Å². The molecule has 0 bridgehead atoms. The Balaban J connectivity index is 2.26. The Morgan fingerprint density at radius 1 is 1.35 bits per heavy atom. The summed E-state index contributed by atoms with van der Waals surface area (Å²) in [5.41, 5.74) is 0.893. The minimum absolute atomic E-state index is 0.131. The minimum Gasteiger partial charge on any atom is -0.504 e. The Bertz CT molecular complexity index is 659. The Hall–Kier alpha value is -2.08. The Morgan fingerprint density at radius 2 is 2.10 bits per heavy atom. The van der Waals surface area contributed by atoms with Crippen molar-refractivity contribution in [1.82, 2.24) is 4.98 Å². The first-order chi connectivity index (χ1) is 9.52. The number of nitrogens with zero attached hydrogens (tertiary/aromatic N) is 1. The van der Waals surface area contributed by atoms with Crippen LogP contribution in [0, 0.1) is 6.92 Å². The molecule has 0 aliphatic carbocycles. The van der Waals surface area contributed by atoms with Gasteiger partial charge in [0.05, 0.1) is 18.4 Å². The summed E-state index contributed by atoms with van der Waals surface area (Å²) < 4.78 is 5.83. The van der Waals surface area contributed by atoms with Gasteiger partial charge in [0.2, 0.25) is 0 Å². The van der Waals surface area contributed by atoms with Crippen molar-refractivity contribution in [1.29, 1.82) is 0 Å². The van der Waals surface area contributed by atoms with Crippen molar-refractivity contribution in [3.8, 4) is 11.5 Å². The zero-order valence-electron chi connectivity index (χ0n) is 11.0. The number of anilines is 1. The second-order valence-corrected chi connectivity index (χ2v) is 4.93. The predicted molar refractivity (Wildman–Crippen MR) is 79.3 cm³/mol. The van der Waals surface area contributed by atoms with Gasteiger partial charge in [-0.15, -0.1) is 0 Å². The second-order valence-electron chi connectivity index (χ2n) is 4.07. The van der Waals surface area contributed by atoms with Gasteiger partial charge in [-0.25, -0.2) is 4.98 Å². The van der Waals surface area contributed by atoms with Gasteiger partial charge in [0.25, 0.3) is 5.91 Å². The van der Waals surface area contributed by atoms with Gasteiger partial charge < -0.3 is 15.2 Å². The average Bonchev–Trinajstić information content (AvgIpc) is 2.43. The van der Waals surface area contributed by atoms with Crippen LogP contribution in [0.15, 0.2) is 34.8 Å². The fourth-order valence-corrected chi connectivity index (χ4v) is 1.89. The van der Waals surface area contributed by atoms with Gasteiger partial charge in [-0.05, 0) is 47.1 Å². The van der Waals surface area contributed by atoms with Crippen LogP contribution in [0.25, 0.3) is 0 Å². The van der Waals surface area contributed by atoms with E-state index >= 15 is 0 Å². The molecule has 1 amide bonds. The van der Waals surface area contributed by atoms with E-state index < -0.39 is 5.91 Å². The fourth-order valence-electron chi connectivity index (χ4n) is 1.67. The molecule has 104 valence electrons. The number of hydrogen-bond donors (Lipinski definition) is 2. The van der Waals surface area contributed by atoms with Crippen LogP contribution in [0.1, 0.15) is 16.1 Å². The molecule has 0 atom stereocenters. The highest BCUT2D eigenvalue weighted by molar-refractivity contribution is 9.10. The average molecular weight is 337 g/mol. The van der Waals surface area contributed by atoms with Gasteiger partial charge in [0.15, 0.2) is 11.5 Å². The van der Waals surface area contributed by atoms with E-state index in [1.165, 1.54) is 13.2 Å². The van der Waals surface area contributed by atoms with Crippen LogP contribution in [0.3, 0.4) is 0 Å². The van der Waals surface area contributed by atoms with Crippen LogP contribution >= 0.6 is 15.9 Å². The largest absolute Gasteiger partial charge is 0.504 e. The standard InChI is InChI=1S/C14H13BrN2O3/c1-8-10(15)6-7-12(16-8)17-14(19)9-4-3-5-11(20-2)13(9)18/h3-7,18H,1-2H3,(H,16,17,19). The first kappa shape index (κ1) is 14.3. The lowest BCUT2D eigenvalue weighted by Gasteiger charge is -2.09. The molecule has 0 aliphatic heterocycles. The monoisotopic (exact) mass is 336 g/mol. The predicted octanol–water partition coefficient (Wildman–Crippen LogP) is 3.12. The number of carbonyl (C=O) groups excluding carboxylic acids is 1. The van der Waals surface area contributed by atoms with E-state index in [1.54, 1.807) is 24.3 Å². The number of pyridine rings is 1. The van der Waals surface area contributed by atoms with E-state index in [9.17, 15) is 9.90 Å². The van der Waals surface area contributed by atoms with Crippen molar-refractivity contribution in [2.45, 2.75) is 6.92 Å². The van der Waals surface area contributed by atoms with E-state index in [4.69, 9.17) is 4.74 Å². The smallest absolute Gasteiger partial charge is 0.260 e. The summed E-state index contributed by atoms with van der Waals surface area (Å²) in [7, 11) is 1.43. The maximum absolute atomic E-state index is 12.1. The van der Waals surface area contributed by atoms with Crippen molar-refractivity contribution in [2.75, 3.05) is 12.4 Å². The molecule has 0 saturated heterocycles. The molecule has 1 aromatic carbocycles. The fraction of sp³-hybridized carbons (Fsp3) is 0.143. The third-order valence-electron chi connectivity index (χ3n) is 2.73. The number of phenols is 1. The number of nitrogens with one attached hydrogen (secondary N) is 1. The molecule has 0 spiro atoms. The molecular weight excluding hydrogens is 324 g/mol. The van der Waals surface area contributed by atoms with Crippen LogP contribution in [-0.4, -0.2) is 23.1 Å². The van der Waals surface area contributed by atoms with Crippen LogP contribution in [0.2, 0.25) is 0 Å². The molecule has 1 heterocycles. The minimum atomic E-state index is -0.448. The molecule has 2 aromatic rings. The van der Waals surface area contributed by atoms with Crippen molar-refractivity contribution in [3.05, 3.63) is 46.1 Å². The number of methoxy groups -OCH3 is 1. The molecule has 2 N–H and O–H groups in total. The van der Waals surface area contributed by atoms with Crippen molar-refractivity contribution >= 4 is 27.7 Å². The first-order valence-electron chi connectivity index (χ1n) is 5.83. The van der Waals surface area contributed by atoms with Crippen molar-refractivity contribution in [3.63, 3.8) is 0 Å². The lowest BCUT2D eigenvalue weighted by atomic mass is 10.1. The number of amides is 1. The third-order valence-corrected chi connectivity index (χ3v) is 3.56. The highest BCUT2D eigenvalue weighted by Gasteiger charge is 2.15. The summed E-state index contributed by atoms with van der Waals surface area (Å²) in [5, 5.41) is 12.6. The SMILES string of the molecule is COc1cccc(C(=O)Nc2ccc(Br)c(C)n2)c1O. The number of aromatic nitrogens is 1. The number of aryl methyl sites for hydroxylation is 1. The highest BCUT2D eigenvalue weighted by atomic mass is 79.9. The number of rotatable bonds is 3. The molecule has 6 heteroatoms. The van der Waals surface area contributed by atoms with Crippen molar-refractivity contribution < 1.29 is 14.6 Å². The summed E-state index contributed by atoms with van der Waals surface area (Å²) in [5.74, 6) is 0.0208. The van der Waals surface area contributed by atoms with E-state index in [1.807, 2.05) is 6.92 Å². The molecule has 5 nitrogen and oxygen atoms in total. The van der Waals surface area contributed by atoms with E-state index in [-0.39, 0.29) is 17.1 Å². The molecule has 0 saturated carbocycles. The van der Waals surface area contributed by atoms with Gasteiger partial charge in [-0.1, -0.05) is 6.07 Å². The quantitative estimate of drug-likeness (QED) is 0.903. The number of para-hydroxylation sites is 1. The summed E-state index contributed by atoms with van der Waals surface area (Å²) >= 11 is 3.34. The number of hydrogen-bond acceptors (Lipinski definition) is 4. The second kappa shape index (κ2) is 5.92. The normalized spacial score (nSPS) is 10.2. The topological polar surface area (TPSA) is 71.5 Å².